The number of ether oxygens (including phenoxy) is 1. The summed E-state index contributed by atoms with van der Waals surface area (Å²) in [6.45, 7) is 5.36. The van der Waals surface area contributed by atoms with Gasteiger partial charge in [-0.3, -0.25) is 9.59 Å². The van der Waals surface area contributed by atoms with Crippen molar-refractivity contribution in [2.24, 2.45) is 0 Å². The van der Waals surface area contributed by atoms with Crippen molar-refractivity contribution >= 4 is 11.8 Å². The molecule has 0 spiro atoms. The molecule has 1 saturated heterocycles. The number of nitrogens with zero attached hydrogens (tertiary/aromatic N) is 1. The van der Waals surface area contributed by atoms with Crippen LogP contribution < -0.4 is 5.32 Å². The Morgan fingerprint density at radius 2 is 2.09 bits per heavy atom. The van der Waals surface area contributed by atoms with Gasteiger partial charge in [-0.1, -0.05) is 30.3 Å². The molecule has 2 amide bonds. The molecule has 1 aliphatic rings. The Labute approximate surface area is 131 Å². The molecule has 1 fully saturated rings. The number of nitrogens with one attached hydrogen (secondary N) is 1. The average molecular weight is 304 g/mol. The summed E-state index contributed by atoms with van der Waals surface area (Å²) in [6.07, 6.45) is 1.18. The largest absolute Gasteiger partial charge is 0.377 e. The van der Waals surface area contributed by atoms with Gasteiger partial charge in [0.25, 0.3) is 0 Å². The Morgan fingerprint density at radius 3 is 2.77 bits per heavy atom. The number of rotatable bonds is 7. The highest BCUT2D eigenvalue weighted by molar-refractivity contribution is 5.90. The summed E-state index contributed by atoms with van der Waals surface area (Å²) in [5.74, 6) is -0.0448. The first-order chi connectivity index (χ1) is 10.6. The van der Waals surface area contributed by atoms with Crippen LogP contribution in [-0.4, -0.2) is 42.0 Å². The molecule has 1 aliphatic heterocycles. The van der Waals surface area contributed by atoms with E-state index in [4.69, 9.17) is 4.74 Å². The summed E-state index contributed by atoms with van der Waals surface area (Å²) in [7, 11) is 0. The molecule has 22 heavy (non-hydrogen) atoms. The number of likely N-dealkylation sites (tertiary alicyclic amines) is 1. The second-order valence-electron chi connectivity index (χ2n) is 5.77. The number of hydrogen-bond donors (Lipinski definition) is 1. The average Bonchev–Trinajstić information content (AvgIpc) is 2.86. The normalized spacial score (nSPS) is 18.0. The van der Waals surface area contributed by atoms with Crippen LogP contribution in [0.15, 0.2) is 30.3 Å². The molecule has 1 N–H and O–H groups in total. The first kappa shape index (κ1) is 16.5. The van der Waals surface area contributed by atoms with E-state index in [0.717, 1.165) is 5.56 Å². The van der Waals surface area contributed by atoms with Crippen LogP contribution in [0.2, 0.25) is 0 Å². The third kappa shape index (κ3) is 4.56. The monoisotopic (exact) mass is 304 g/mol. The molecule has 0 saturated carbocycles. The van der Waals surface area contributed by atoms with Crippen LogP contribution in [0.25, 0.3) is 0 Å². The maximum Gasteiger partial charge on any atom is 0.242 e. The zero-order chi connectivity index (χ0) is 15.9. The predicted octanol–water partition coefficient (Wildman–Crippen LogP) is 1.72. The molecular weight excluding hydrogens is 280 g/mol. The summed E-state index contributed by atoms with van der Waals surface area (Å²) >= 11 is 0. The van der Waals surface area contributed by atoms with Gasteiger partial charge in [0.1, 0.15) is 6.04 Å². The third-order valence-corrected chi connectivity index (χ3v) is 3.68. The van der Waals surface area contributed by atoms with E-state index in [-0.39, 0.29) is 24.0 Å². The Morgan fingerprint density at radius 1 is 1.36 bits per heavy atom. The van der Waals surface area contributed by atoms with Gasteiger partial charge < -0.3 is 15.0 Å². The van der Waals surface area contributed by atoms with Gasteiger partial charge in [0.05, 0.1) is 12.7 Å². The van der Waals surface area contributed by atoms with Crippen LogP contribution >= 0.6 is 0 Å². The van der Waals surface area contributed by atoms with E-state index in [1.165, 1.54) is 0 Å². The molecule has 0 aliphatic carbocycles. The van der Waals surface area contributed by atoms with Crippen LogP contribution in [-0.2, 0) is 20.9 Å². The fraction of sp³-hybridized carbons (Fsp3) is 0.529. The van der Waals surface area contributed by atoms with E-state index >= 15 is 0 Å². The Kier molecular flexibility index (Phi) is 5.95. The zero-order valence-corrected chi connectivity index (χ0v) is 13.2. The van der Waals surface area contributed by atoms with Gasteiger partial charge in [-0.05, 0) is 25.8 Å². The van der Waals surface area contributed by atoms with E-state index in [1.54, 1.807) is 4.90 Å². The summed E-state index contributed by atoms with van der Waals surface area (Å²) in [6, 6.07) is 9.39. The van der Waals surface area contributed by atoms with Crippen molar-refractivity contribution in [3.8, 4) is 0 Å². The van der Waals surface area contributed by atoms with Crippen molar-refractivity contribution in [3.63, 3.8) is 0 Å². The van der Waals surface area contributed by atoms with Crippen molar-refractivity contribution in [2.45, 2.75) is 45.4 Å². The standard InChI is InChI=1S/C17H24N2O3/c1-13(2)22-11-10-18-17(21)15-8-9-16(20)19(15)12-14-6-4-3-5-7-14/h3-7,13,15H,8-12H2,1-2H3,(H,18,21). The quantitative estimate of drug-likeness (QED) is 0.780. The molecule has 1 aromatic rings. The lowest BCUT2D eigenvalue weighted by molar-refractivity contribution is -0.135. The Balaban J connectivity index is 1.88. The fourth-order valence-electron chi connectivity index (χ4n) is 2.57. The van der Waals surface area contributed by atoms with Crippen LogP contribution in [0.3, 0.4) is 0 Å². The van der Waals surface area contributed by atoms with Crippen molar-refractivity contribution in [1.29, 1.82) is 0 Å². The van der Waals surface area contributed by atoms with Gasteiger partial charge in [-0.15, -0.1) is 0 Å². The summed E-state index contributed by atoms with van der Waals surface area (Å²) in [5.41, 5.74) is 1.04. The highest BCUT2D eigenvalue weighted by Gasteiger charge is 2.35. The predicted molar refractivity (Wildman–Crippen MR) is 84.1 cm³/mol. The van der Waals surface area contributed by atoms with E-state index in [1.807, 2.05) is 44.2 Å². The minimum absolute atomic E-state index is 0.0439. The van der Waals surface area contributed by atoms with Gasteiger partial charge >= 0.3 is 0 Å². The molecular formula is C17H24N2O3. The highest BCUT2D eigenvalue weighted by Crippen LogP contribution is 2.21. The van der Waals surface area contributed by atoms with Gasteiger partial charge in [0, 0.05) is 19.5 Å². The van der Waals surface area contributed by atoms with Crippen LogP contribution in [0.1, 0.15) is 32.3 Å². The maximum absolute atomic E-state index is 12.3. The second kappa shape index (κ2) is 7.94. The minimum atomic E-state index is -0.369. The van der Waals surface area contributed by atoms with Gasteiger partial charge in [0.2, 0.25) is 11.8 Å². The molecule has 0 bridgehead atoms. The molecule has 120 valence electrons. The second-order valence-corrected chi connectivity index (χ2v) is 5.77. The number of amides is 2. The number of benzene rings is 1. The minimum Gasteiger partial charge on any atom is -0.377 e. The Hall–Kier alpha value is -1.88. The molecule has 2 rings (SSSR count). The number of carbonyl (C=O) groups excluding carboxylic acids is 2. The molecule has 1 atom stereocenters. The van der Waals surface area contributed by atoms with Crippen molar-refractivity contribution in [3.05, 3.63) is 35.9 Å². The van der Waals surface area contributed by atoms with Gasteiger partial charge in [-0.2, -0.15) is 0 Å². The SMILES string of the molecule is CC(C)OCCNC(=O)C1CCC(=O)N1Cc1ccccc1. The lowest BCUT2D eigenvalue weighted by Gasteiger charge is -2.24. The first-order valence-electron chi connectivity index (χ1n) is 7.80. The molecule has 1 unspecified atom stereocenters. The third-order valence-electron chi connectivity index (χ3n) is 3.68. The van der Waals surface area contributed by atoms with Crippen molar-refractivity contribution < 1.29 is 14.3 Å². The van der Waals surface area contributed by atoms with Gasteiger partial charge in [-0.25, -0.2) is 0 Å². The first-order valence-corrected chi connectivity index (χ1v) is 7.80. The zero-order valence-electron chi connectivity index (χ0n) is 13.2. The van der Waals surface area contributed by atoms with E-state index in [9.17, 15) is 9.59 Å². The molecule has 5 heteroatoms. The Bertz CT molecular complexity index is 502. The van der Waals surface area contributed by atoms with Gasteiger partial charge in [0.15, 0.2) is 0 Å². The van der Waals surface area contributed by atoms with Crippen molar-refractivity contribution in [2.75, 3.05) is 13.2 Å². The fourth-order valence-corrected chi connectivity index (χ4v) is 2.57. The topological polar surface area (TPSA) is 58.6 Å². The molecule has 1 aromatic carbocycles. The summed E-state index contributed by atoms with van der Waals surface area (Å²) in [5, 5.41) is 2.86. The van der Waals surface area contributed by atoms with Crippen LogP contribution in [0.5, 0.6) is 0 Å². The number of carbonyl (C=O) groups is 2. The molecule has 1 heterocycles. The summed E-state index contributed by atoms with van der Waals surface area (Å²) in [4.78, 5) is 26.0. The van der Waals surface area contributed by atoms with E-state index < -0.39 is 0 Å². The van der Waals surface area contributed by atoms with Crippen molar-refractivity contribution in [1.82, 2.24) is 10.2 Å². The van der Waals surface area contributed by atoms with E-state index in [2.05, 4.69) is 5.32 Å². The molecule has 0 aromatic heterocycles. The number of hydrogen-bond acceptors (Lipinski definition) is 3. The maximum atomic E-state index is 12.3. The van der Waals surface area contributed by atoms with Crippen LogP contribution in [0, 0.1) is 0 Å². The lowest BCUT2D eigenvalue weighted by Crippen LogP contribution is -2.45. The van der Waals surface area contributed by atoms with Crippen LogP contribution in [0.4, 0.5) is 0 Å². The lowest BCUT2D eigenvalue weighted by atomic mass is 10.1. The smallest absolute Gasteiger partial charge is 0.242 e. The molecule has 5 nitrogen and oxygen atoms in total. The summed E-state index contributed by atoms with van der Waals surface area (Å²) < 4.78 is 5.40. The molecule has 0 radical (unpaired) electrons. The highest BCUT2D eigenvalue weighted by atomic mass is 16.5. The van der Waals surface area contributed by atoms with E-state index in [0.29, 0.717) is 32.5 Å².